The van der Waals surface area contributed by atoms with E-state index in [9.17, 15) is 18.0 Å². The summed E-state index contributed by atoms with van der Waals surface area (Å²) >= 11 is 0. The first-order valence-electron chi connectivity index (χ1n) is 3.06. The van der Waals surface area contributed by atoms with Crippen LogP contribution < -0.4 is 5.56 Å². The Morgan fingerprint density at radius 2 is 2.25 bits per heavy atom. The predicted molar refractivity (Wildman–Crippen MR) is 34.7 cm³/mol. The Morgan fingerprint density at radius 3 is 2.75 bits per heavy atom. The smallest absolute Gasteiger partial charge is 0.305 e. The minimum Gasteiger partial charge on any atom is -0.305 e. The van der Waals surface area contributed by atoms with Gasteiger partial charge < -0.3 is 4.98 Å². The quantitative estimate of drug-likeness (QED) is 0.729. The fourth-order valence-electron chi connectivity index (χ4n) is 0.619. The Labute approximate surface area is 65.3 Å². The zero-order chi connectivity index (χ0) is 9.19. The summed E-state index contributed by atoms with van der Waals surface area (Å²) < 4.78 is 36.6. The summed E-state index contributed by atoms with van der Waals surface area (Å²) in [4.78, 5) is 15.4. The van der Waals surface area contributed by atoms with Crippen LogP contribution in [0.1, 0.15) is 5.82 Å². The number of hydrogen-bond donors (Lipinski definition) is 1. The monoisotopic (exact) mass is 178 g/mol. The minimum atomic E-state index is -3.71. The van der Waals surface area contributed by atoms with Gasteiger partial charge in [0.1, 0.15) is 0 Å². The number of hydrogen-bond acceptors (Lipinski definition) is 2. The van der Waals surface area contributed by atoms with E-state index in [0.29, 0.717) is 0 Å². The van der Waals surface area contributed by atoms with Crippen molar-refractivity contribution in [3.05, 3.63) is 28.4 Å². The Kier molecular flexibility index (Phi) is 2.16. The molecule has 0 radical (unpaired) electrons. The molecule has 0 aromatic carbocycles. The molecule has 0 aliphatic rings. The van der Waals surface area contributed by atoms with Crippen molar-refractivity contribution in [3.63, 3.8) is 0 Å². The van der Waals surface area contributed by atoms with E-state index < -0.39 is 24.0 Å². The second-order valence-electron chi connectivity index (χ2n) is 2.12. The molecule has 0 atom stereocenters. The van der Waals surface area contributed by atoms with Crippen molar-refractivity contribution in [3.8, 4) is 0 Å². The number of aromatic nitrogens is 2. The molecule has 3 nitrogen and oxygen atoms in total. The largest absolute Gasteiger partial charge is 0.332 e. The van der Waals surface area contributed by atoms with Gasteiger partial charge in [-0.3, -0.25) is 4.79 Å². The van der Waals surface area contributed by atoms with Gasteiger partial charge in [-0.05, 0) is 0 Å². The third-order valence-electron chi connectivity index (χ3n) is 1.19. The number of alkyl halides is 3. The molecule has 66 valence electrons. The first-order chi connectivity index (χ1) is 5.56. The number of halogens is 3. The molecular weight excluding hydrogens is 173 g/mol. The second-order valence-corrected chi connectivity index (χ2v) is 2.12. The summed E-state index contributed by atoms with van der Waals surface area (Å²) in [5, 5.41) is 0. The van der Waals surface area contributed by atoms with Crippen LogP contribution in [0.4, 0.5) is 13.2 Å². The molecule has 12 heavy (non-hydrogen) atoms. The van der Waals surface area contributed by atoms with Crippen molar-refractivity contribution in [2.45, 2.75) is 5.92 Å². The van der Waals surface area contributed by atoms with Crippen molar-refractivity contribution >= 4 is 0 Å². The van der Waals surface area contributed by atoms with Gasteiger partial charge in [-0.1, -0.05) is 0 Å². The summed E-state index contributed by atoms with van der Waals surface area (Å²) in [5.74, 6) is -4.65. The van der Waals surface area contributed by atoms with Crippen molar-refractivity contribution in [1.29, 1.82) is 0 Å². The van der Waals surface area contributed by atoms with Crippen molar-refractivity contribution in [2.24, 2.45) is 0 Å². The lowest BCUT2D eigenvalue weighted by Gasteiger charge is -2.09. The summed E-state index contributed by atoms with van der Waals surface area (Å²) in [6, 6.07) is 0.970. The first-order valence-corrected chi connectivity index (χ1v) is 3.06. The molecule has 0 bridgehead atoms. The molecule has 0 unspecified atom stereocenters. The van der Waals surface area contributed by atoms with E-state index in [1.165, 1.54) is 0 Å². The van der Waals surface area contributed by atoms with Crippen LogP contribution in [0.5, 0.6) is 0 Å². The number of rotatable bonds is 2. The van der Waals surface area contributed by atoms with E-state index in [1.54, 1.807) is 4.98 Å². The van der Waals surface area contributed by atoms with Gasteiger partial charge >= 0.3 is 5.92 Å². The lowest BCUT2D eigenvalue weighted by molar-refractivity contribution is -0.0367. The lowest BCUT2D eigenvalue weighted by atomic mass is 10.3. The van der Waals surface area contributed by atoms with Gasteiger partial charge in [-0.2, -0.15) is 8.78 Å². The fraction of sp³-hybridized carbons (Fsp3) is 0.333. The highest BCUT2D eigenvalue weighted by Crippen LogP contribution is 2.23. The Hall–Kier alpha value is -1.33. The van der Waals surface area contributed by atoms with Crippen LogP contribution in [-0.2, 0) is 5.92 Å². The second kappa shape index (κ2) is 2.96. The van der Waals surface area contributed by atoms with Gasteiger partial charge in [0.15, 0.2) is 12.5 Å². The molecule has 0 aliphatic carbocycles. The van der Waals surface area contributed by atoms with E-state index in [0.717, 1.165) is 12.3 Å². The topological polar surface area (TPSA) is 45.8 Å². The molecule has 0 fully saturated rings. The molecule has 1 rings (SSSR count). The predicted octanol–water partition coefficient (Wildman–Crippen LogP) is 0.831. The Balaban J connectivity index is 3.11. The van der Waals surface area contributed by atoms with Crippen LogP contribution in [0.25, 0.3) is 0 Å². The summed E-state index contributed by atoms with van der Waals surface area (Å²) in [5.41, 5.74) is -0.729. The first kappa shape index (κ1) is 8.76. The molecule has 1 aromatic heterocycles. The van der Waals surface area contributed by atoms with Gasteiger partial charge in [-0.25, -0.2) is 9.37 Å². The lowest BCUT2D eigenvalue weighted by Crippen LogP contribution is -2.23. The maximum Gasteiger partial charge on any atom is 0.332 e. The molecule has 0 amide bonds. The van der Waals surface area contributed by atoms with Crippen molar-refractivity contribution in [1.82, 2.24) is 9.97 Å². The van der Waals surface area contributed by atoms with Crippen LogP contribution in [-0.4, -0.2) is 16.6 Å². The normalized spacial score (nSPS) is 11.6. The average molecular weight is 178 g/mol. The van der Waals surface area contributed by atoms with Crippen LogP contribution in [0.2, 0.25) is 0 Å². The highest BCUT2D eigenvalue weighted by atomic mass is 19.3. The average Bonchev–Trinajstić information content (AvgIpc) is 2.05. The molecule has 1 N–H and O–H groups in total. The van der Waals surface area contributed by atoms with E-state index in [2.05, 4.69) is 4.98 Å². The van der Waals surface area contributed by atoms with Crippen molar-refractivity contribution in [2.75, 3.05) is 6.67 Å². The maximum atomic E-state index is 12.5. The summed E-state index contributed by atoms with van der Waals surface area (Å²) in [6.45, 7) is -1.88. The van der Waals surface area contributed by atoms with Crippen LogP contribution in [0, 0.1) is 0 Å². The highest BCUT2D eigenvalue weighted by molar-refractivity contribution is 4.97. The van der Waals surface area contributed by atoms with E-state index >= 15 is 0 Å². The van der Waals surface area contributed by atoms with Gasteiger partial charge in [0.2, 0.25) is 0 Å². The van der Waals surface area contributed by atoms with Gasteiger partial charge in [0.25, 0.3) is 5.56 Å². The number of H-pyrrole nitrogens is 1. The molecule has 0 spiro atoms. The number of nitrogens with one attached hydrogen (secondary N) is 1. The Morgan fingerprint density at radius 1 is 1.58 bits per heavy atom. The van der Waals surface area contributed by atoms with Crippen LogP contribution in [0.15, 0.2) is 17.1 Å². The summed E-state index contributed by atoms with van der Waals surface area (Å²) in [6.07, 6.45) is 0.901. The summed E-state index contributed by atoms with van der Waals surface area (Å²) in [7, 11) is 0. The molecule has 0 saturated carbocycles. The molecule has 6 heteroatoms. The van der Waals surface area contributed by atoms with Gasteiger partial charge in [-0.15, -0.1) is 0 Å². The zero-order valence-corrected chi connectivity index (χ0v) is 5.85. The Bertz CT molecular complexity index is 323. The van der Waals surface area contributed by atoms with Gasteiger partial charge in [0.05, 0.1) is 0 Å². The standard InChI is InChI=1S/C6H5F3N2O/c7-3-6(8,9)5-10-2-1-4(12)11-5/h1-2H,3H2,(H,10,11,12). The number of nitrogens with zero attached hydrogens (tertiary/aromatic N) is 1. The zero-order valence-electron chi connectivity index (χ0n) is 5.85. The highest BCUT2D eigenvalue weighted by Gasteiger charge is 2.34. The third kappa shape index (κ3) is 1.63. The molecular formula is C6H5F3N2O. The fourth-order valence-corrected chi connectivity index (χ4v) is 0.619. The van der Waals surface area contributed by atoms with E-state index in [4.69, 9.17) is 0 Å². The maximum absolute atomic E-state index is 12.5. The van der Waals surface area contributed by atoms with E-state index in [-0.39, 0.29) is 0 Å². The van der Waals surface area contributed by atoms with Gasteiger partial charge in [0, 0.05) is 12.3 Å². The van der Waals surface area contributed by atoms with Crippen LogP contribution in [0.3, 0.4) is 0 Å². The van der Waals surface area contributed by atoms with E-state index in [1.807, 2.05) is 0 Å². The SMILES string of the molecule is O=c1ccnc(C(F)(F)CF)[nH]1. The molecule has 0 aliphatic heterocycles. The number of aromatic amines is 1. The van der Waals surface area contributed by atoms with Crippen molar-refractivity contribution < 1.29 is 13.2 Å². The van der Waals surface area contributed by atoms with Crippen LogP contribution >= 0.6 is 0 Å². The molecule has 0 saturated heterocycles. The molecule has 1 heterocycles. The molecule has 1 aromatic rings. The third-order valence-corrected chi connectivity index (χ3v) is 1.19. The minimum absolute atomic E-state index is 0.729.